The summed E-state index contributed by atoms with van der Waals surface area (Å²) in [4.78, 5) is 13.0. The fraction of sp³-hybridized carbons (Fsp3) is 0.429. The zero-order valence-corrected chi connectivity index (χ0v) is 13.9. The Morgan fingerprint density at radius 3 is 2.81 bits per heavy atom. The molecule has 0 atom stereocenters. The van der Waals surface area contributed by atoms with E-state index < -0.39 is 0 Å². The molecule has 0 aliphatic rings. The molecular formula is C14H21N3O2S2. The molecule has 5 nitrogen and oxygen atoms in total. The van der Waals surface area contributed by atoms with Gasteiger partial charge in [0, 0.05) is 42.8 Å². The number of methoxy groups -OCH3 is 1. The lowest BCUT2D eigenvalue weighted by Crippen LogP contribution is -2.28. The number of nitrogens with one attached hydrogen (secondary N) is 2. The van der Waals surface area contributed by atoms with E-state index in [4.69, 9.17) is 22.7 Å². The number of carbonyl (C=O) groups is 1. The number of thiocarbonyl (C=S) groups is 1. The smallest absolute Gasteiger partial charge is 0.221 e. The summed E-state index contributed by atoms with van der Waals surface area (Å²) in [7, 11) is 1.60. The third-order valence-corrected chi connectivity index (χ3v) is 3.77. The number of benzene rings is 1. The lowest BCUT2D eigenvalue weighted by molar-refractivity contribution is -0.121. The molecule has 0 aliphatic carbocycles. The summed E-state index contributed by atoms with van der Waals surface area (Å²) in [5.41, 5.74) is 7.48. The minimum atomic E-state index is -0.0163. The van der Waals surface area contributed by atoms with Crippen molar-refractivity contribution in [1.29, 1.82) is 0 Å². The van der Waals surface area contributed by atoms with Crippen molar-refractivity contribution in [2.24, 2.45) is 5.73 Å². The van der Waals surface area contributed by atoms with E-state index in [1.54, 1.807) is 18.9 Å². The second-order valence-electron chi connectivity index (χ2n) is 4.27. The minimum absolute atomic E-state index is 0.0163. The first kappa shape index (κ1) is 17.7. The number of carbonyl (C=O) groups excluding carboxylic acids is 1. The summed E-state index contributed by atoms with van der Waals surface area (Å²) in [5.74, 6) is -0.0163. The number of amides is 1. The lowest BCUT2D eigenvalue weighted by atomic mass is 10.1. The Labute approximate surface area is 135 Å². The van der Waals surface area contributed by atoms with E-state index in [2.05, 4.69) is 10.6 Å². The first-order valence-electron chi connectivity index (χ1n) is 6.56. The maximum atomic E-state index is 11.6. The third-order valence-electron chi connectivity index (χ3n) is 2.79. The van der Waals surface area contributed by atoms with Crippen LogP contribution in [0.15, 0.2) is 23.1 Å². The Kier molecular flexibility index (Phi) is 8.11. The van der Waals surface area contributed by atoms with Crippen molar-refractivity contribution < 1.29 is 9.53 Å². The zero-order chi connectivity index (χ0) is 15.7. The average molecular weight is 327 g/mol. The van der Waals surface area contributed by atoms with Gasteiger partial charge in [0.05, 0.1) is 6.61 Å². The highest BCUT2D eigenvalue weighted by molar-refractivity contribution is 7.98. The molecule has 0 saturated heterocycles. The van der Waals surface area contributed by atoms with E-state index in [1.807, 2.05) is 24.5 Å². The summed E-state index contributed by atoms with van der Waals surface area (Å²) >= 11 is 6.70. The quantitative estimate of drug-likeness (QED) is 0.363. The topological polar surface area (TPSA) is 76.4 Å². The predicted molar refractivity (Wildman–Crippen MR) is 92.1 cm³/mol. The van der Waals surface area contributed by atoms with Crippen LogP contribution in [0, 0.1) is 0 Å². The van der Waals surface area contributed by atoms with Crippen LogP contribution < -0.4 is 16.4 Å². The molecule has 0 heterocycles. The molecule has 4 N–H and O–H groups in total. The van der Waals surface area contributed by atoms with E-state index in [1.165, 1.54) is 0 Å². The molecule has 116 valence electrons. The fourth-order valence-electron chi connectivity index (χ4n) is 1.79. The van der Waals surface area contributed by atoms with Crippen molar-refractivity contribution in [2.75, 3.05) is 38.4 Å². The van der Waals surface area contributed by atoms with Crippen LogP contribution in [-0.2, 0) is 9.53 Å². The maximum absolute atomic E-state index is 11.6. The van der Waals surface area contributed by atoms with Crippen LogP contribution in [0.5, 0.6) is 0 Å². The van der Waals surface area contributed by atoms with E-state index in [0.717, 1.165) is 16.1 Å². The van der Waals surface area contributed by atoms with E-state index in [-0.39, 0.29) is 5.91 Å². The highest BCUT2D eigenvalue weighted by Gasteiger charge is 2.10. The van der Waals surface area contributed by atoms with Crippen molar-refractivity contribution in [2.45, 2.75) is 11.3 Å². The molecule has 21 heavy (non-hydrogen) atoms. The normalized spacial score (nSPS) is 10.2. The third kappa shape index (κ3) is 5.91. The molecule has 0 saturated carbocycles. The van der Waals surface area contributed by atoms with E-state index in [9.17, 15) is 4.79 Å². The first-order valence-corrected chi connectivity index (χ1v) is 8.19. The molecule has 0 fully saturated rings. The second kappa shape index (κ2) is 9.59. The Morgan fingerprint density at radius 2 is 2.19 bits per heavy atom. The summed E-state index contributed by atoms with van der Waals surface area (Å²) in [6.07, 6.45) is 2.36. The van der Waals surface area contributed by atoms with Crippen LogP contribution in [0.25, 0.3) is 0 Å². The lowest BCUT2D eigenvalue weighted by Gasteiger charge is -2.14. The molecule has 0 unspecified atom stereocenters. The molecule has 0 aliphatic heterocycles. The van der Waals surface area contributed by atoms with Gasteiger partial charge in [-0.25, -0.2) is 0 Å². The summed E-state index contributed by atoms with van der Waals surface area (Å²) < 4.78 is 4.87. The van der Waals surface area contributed by atoms with Gasteiger partial charge in [0.1, 0.15) is 4.99 Å². The molecule has 7 heteroatoms. The number of rotatable bonds is 9. The SMILES string of the molecule is COCCNC(=O)CCNc1cccc(SC)c1C(N)=S. The number of hydrogen-bond donors (Lipinski definition) is 3. The van der Waals surface area contributed by atoms with Gasteiger partial charge < -0.3 is 21.1 Å². The highest BCUT2D eigenvalue weighted by atomic mass is 32.2. The summed E-state index contributed by atoms with van der Waals surface area (Å²) in [6.45, 7) is 1.56. The maximum Gasteiger partial charge on any atom is 0.221 e. The molecule has 1 amide bonds. The Hall–Kier alpha value is -1.31. The number of hydrogen-bond acceptors (Lipinski definition) is 5. The van der Waals surface area contributed by atoms with E-state index >= 15 is 0 Å². The molecule has 0 radical (unpaired) electrons. The minimum Gasteiger partial charge on any atom is -0.389 e. The zero-order valence-electron chi connectivity index (χ0n) is 12.3. The second-order valence-corrected chi connectivity index (χ2v) is 5.55. The monoisotopic (exact) mass is 327 g/mol. The number of thioether (sulfide) groups is 1. The molecule has 1 rings (SSSR count). The van der Waals surface area contributed by atoms with Crippen molar-refractivity contribution >= 4 is 40.6 Å². The largest absolute Gasteiger partial charge is 0.389 e. The fourth-order valence-corrected chi connectivity index (χ4v) is 2.72. The Bertz CT molecular complexity index is 495. The highest BCUT2D eigenvalue weighted by Crippen LogP contribution is 2.27. The van der Waals surface area contributed by atoms with Crippen LogP contribution in [0.1, 0.15) is 12.0 Å². The molecule has 0 spiro atoms. The summed E-state index contributed by atoms with van der Waals surface area (Å²) in [6, 6.07) is 5.83. The van der Waals surface area contributed by atoms with Gasteiger partial charge in [-0.05, 0) is 18.4 Å². The van der Waals surface area contributed by atoms with Gasteiger partial charge in [-0.1, -0.05) is 18.3 Å². The van der Waals surface area contributed by atoms with Gasteiger partial charge in [0.2, 0.25) is 5.91 Å². The van der Waals surface area contributed by atoms with Crippen LogP contribution >= 0.6 is 24.0 Å². The van der Waals surface area contributed by atoms with Crippen LogP contribution in [-0.4, -0.2) is 44.0 Å². The van der Waals surface area contributed by atoms with Crippen LogP contribution in [0.2, 0.25) is 0 Å². The van der Waals surface area contributed by atoms with Gasteiger partial charge in [-0.3, -0.25) is 4.79 Å². The summed E-state index contributed by atoms with van der Waals surface area (Å²) in [5, 5.41) is 5.99. The Morgan fingerprint density at radius 1 is 1.43 bits per heavy atom. The molecule has 0 bridgehead atoms. The molecule has 1 aromatic carbocycles. The van der Waals surface area contributed by atoms with Gasteiger partial charge in [-0.2, -0.15) is 0 Å². The van der Waals surface area contributed by atoms with Crippen molar-refractivity contribution in [3.63, 3.8) is 0 Å². The molecule has 0 aromatic heterocycles. The van der Waals surface area contributed by atoms with Gasteiger partial charge in [0.25, 0.3) is 0 Å². The van der Waals surface area contributed by atoms with Crippen molar-refractivity contribution in [1.82, 2.24) is 5.32 Å². The molecule has 1 aromatic rings. The van der Waals surface area contributed by atoms with Crippen LogP contribution in [0.3, 0.4) is 0 Å². The predicted octanol–water partition coefficient (Wildman–Crippen LogP) is 1.61. The number of anilines is 1. The van der Waals surface area contributed by atoms with Gasteiger partial charge >= 0.3 is 0 Å². The molecular weight excluding hydrogens is 306 g/mol. The van der Waals surface area contributed by atoms with Crippen molar-refractivity contribution in [3.8, 4) is 0 Å². The number of ether oxygens (including phenoxy) is 1. The number of nitrogens with two attached hydrogens (primary N) is 1. The van der Waals surface area contributed by atoms with Gasteiger partial charge in [0.15, 0.2) is 0 Å². The van der Waals surface area contributed by atoms with E-state index in [0.29, 0.717) is 31.1 Å². The standard InChI is InChI=1S/C14H21N3O2S2/c1-19-9-8-17-12(18)6-7-16-10-4-3-5-11(21-2)13(10)14(15)20/h3-5,16H,6-9H2,1-2H3,(H2,15,20)(H,17,18). The van der Waals surface area contributed by atoms with Gasteiger partial charge in [-0.15, -0.1) is 11.8 Å². The van der Waals surface area contributed by atoms with Crippen molar-refractivity contribution in [3.05, 3.63) is 23.8 Å². The Balaban J connectivity index is 2.56. The average Bonchev–Trinajstić information content (AvgIpc) is 2.47. The van der Waals surface area contributed by atoms with Crippen LogP contribution in [0.4, 0.5) is 5.69 Å². The first-order chi connectivity index (χ1) is 10.1.